The zero-order valence-electron chi connectivity index (χ0n) is 11.9. The standard InChI is InChI=1S/C17H13I2NO2S/c18-15-6-1-13(2-7-15)5-10-17(21)20-23(22)12-11-14-3-8-16(19)9-4-14/h1-12H,(H,20,21)/b10-5+,12-11-. The van der Waals surface area contributed by atoms with Crippen LogP contribution >= 0.6 is 45.2 Å². The Hall–Kier alpha value is -1.000. The maximum atomic E-state index is 11.8. The lowest BCUT2D eigenvalue weighted by molar-refractivity contribution is -0.114. The van der Waals surface area contributed by atoms with Crippen LogP contribution in [0, 0.1) is 7.14 Å². The molecule has 0 saturated heterocycles. The van der Waals surface area contributed by atoms with Crippen molar-refractivity contribution in [3.63, 3.8) is 0 Å². The minimum atomic E-state index is -1.55. The van der Waals surface area contributed by atoms with Crippen molar-refractivity contribution in [2.75, 3.05) is 0 Å². The van der Waals surface area contributed by atoms with Gasteiger partial charge >= 0.3 is 0 Å². The summed E-state index contributed by atoms with van der Waals surface area (Å²) in [7, 11) is -1.55. The van der Waals surface area contributed by atoms with Gasteiger partial charge in [-0.1, -0.05) is 24.3 Å². The topological polar surface area (TPSA) is 46.2 Å². The summed E-state index contributed by atoms with van der Waals surface area (Å²) in [6.45, 7) is 0. The molecule has 0 spiro atoms. The second kappa shape index (κ2) is 9.33. The summed E-state index contributed by atoms with van der Waals surface area (Å²) >= 11 is 4.44. The molecule has 2 rings (SSSR count). The minimum Gasteiger partial charge on any atom is -0.269 e. The Morgan fingerprint density at radius 1 is 0.870 bits per heavy atom. The van der Waals surface area contributed by atoms with Crippen molar-refractivity contribution in [2.45, 2.75) is 0 Å². The quantitative estimate of drug-likeness (QED) is 0.446. The monoisotopic (exact) mass is 549 g/mol. The van der Waals surface area contributed by atoms with Crippen LogP contribution in [0.5, 0.6) is 0 Å². The van der Waals surface area contributed by atoms with E-state index in [1.165, 1.54) is 11.5 Å². The van der Waals surface area contributed by atoms with Gasteiger partial charge in [0.15, 0.2) is 0 Å². The van der Waals surface area contributed by atoms with E-state index in [0.29, 0.717) is 0 Å². The molecule has 3 nitrogen and oxygen atoms in total. The highest BCUT2D eigenvalue weighted by molar-refractivity contribution is 14.1. The lowest BCUT2D eigenvalue weighted by atomic mass is 10.2. The van der Waals surface area contributed by atoms with Gasteiger partial charge in [-0.15, -0.1) is 0 Å². The third-order valence-corrected chi connectivity index (χ3v) is 4.98. The van der Waals surface area contributed by atoms with Crippen molar-refractivity contribution in [2.24, 2.45) is 0 Å². The third kappa shape index (κ3) is 6.96. The van der Waals surface area contributed by atoms with E-state index in [0.717, 1.165) is 18.3 Å². The lowest BCUT2D eigenvalue weighted by Crippen LogP contribution is -2.21. The van der Waals surface area contributed by atoms with Crippen LogP contribution in [0.2, 0.25) is 0 Å². The first-order valence-corrected chi connectivity index (χ1v) is 9.98. The van der Waals surface area contributed by atoms with Crippen LogP contribution < -0.4 is 4.72 Å². The number of nitrogens with one attached hydrogen (secondary N) is 1. The number of amides is 1. The van der Waals surface area contributed by atoms with E-state index >= 15 is 0 Å². The van der Waals surface area contributed by atoms with E-state index in [1.54, 1.807) is 12.2 Å². The summed E-state index contributed by atoms with van der Waals surface area (Å²) in [6.07, 6.45) is 4.78. The van der Waals surface area contributed by atoms with Gasteiger partial charge in [0.05, 0.1) is 0 Å². The van der Waals surface area contributed by atoms with Crippen molar-refractivity contribution in [1.29, 1.82) is 0 Å². The first-order valence-electron chi connectivity index (χ1n) is 6.61. The summed E-state index contributed by atoms with van der Waals surface area (Å²) in [4.78, 5) is 11.7. The first kappa shape index (κ1) is 18.3. The Kier molecular flexibility index (Phi) is 7.44. The van der Waals surface area contributed by atoms with Gasteiger partial charge in [-0.3, -0.25) is 9.52 Å². The maximum Gasteiger partial charge on any atom is 0.255 e. The highest BCUT2D eigenvalue weighted by Crippen LogP contribution is 2.09. The zero-order chi connectivity index (χ0) is 16.7. The molecule has 0 aliphatic rings. The van der Waals surface area contributed by atoms with Crippen LogP contribution in [0.15, 0.2) is 60.0 Å². The first-order chi connectivity index (χ1) is 11.0. The van der Waals surface area contributed by atoms with Crippen LogP contribution in [-0.2, 0) is 15.8 Å². The van der Waals surface area contributed by atoms with E-state index < -0.39 is 16.9 Å². The number of carbonyl (C=O) groups is 1. The molecule has 118 valence electrons. The minimum absolute atomic E-state index is 0.394. The maximum absolute atomic E-state index is 11.8. The van der Waals surface area contributed by atoms with Crippen LogP contribution in [0.4, 0.5) is 0 Å². The Bertz CT molecular complexity index is 688. The number of halogens is 2. The molecular weight excluding hydrogens is 536 g/mol. The van der Waals surface area contributed by atoms with Crippen molar-refractivity contribution < 1.29 is 9.00 Å². The summed E-state index contributed by atoms with van der Waals surface area (Å²) in [5.74, 6) is -0.394. The van der Waals surface area contributed by atoms with Gasteiger partial charge in [-0.25, -0.2) is 4.21 Å². The van der Waals surface area contributed by atoms with Crippen LogP contribution in [0.1, 0.15) is 11.1 Å². The second-order valence-electron chi connectivity index (χ2n) is 4.50. The number of benzene rings is 2. The average molecular weight is 549 g/mol. The molecule has 0 fully saturated rings. The number of hydrogen-bond donors (Lipinski definition) is 1. The number of hydrogen-bond acceptors (Lipinski definition) is 2. The predicted molar refractivity (Wildman–Crippen MR) is 113 cm³/mol. The average Bonchev–Trinajstić information content (AvgIpc) is 2.54. The fourth-order valence-electron chi connectivity index (χ4n) is 1.63. The molecule has 0 aromatic heterocycles. The molecule has 0 aliphatic carbocycles. The molecule has 0 heterocycles. The van der Waals surface area contributed by atoms with E-state index in [4.69, 9.17) is 0 Å². The molecule has 0 aliphatic heterocycles. The lowest BCUT2D eigenvalue weighted by Gasteiger charge is -1.98. The zero-order valence-corrected chi connectivity index (χ0v) is 17.0. The normalized spacial score (nSPS) is 12.6. The molecular formula is C17H13I2NO2S. The van der Waals surface area contributed by atoms with Gasteiger partial charge in [-0.05, 0) is 92.7 Å². The van der Waals surface area contributed by atoms with Crippen LogP contribution in [0.25, 0.3) is 12.2 Å². The molecule has 1 unspecified atom stereocenters. The van der Waals surface area contributed by atoms with Gasteiger partial charge in [-0.2, -0.15) is 0 Å². The molecule has 0 radical (unpaired) electrons. The molecule has 2 aromatic rings. The van der Waals surface area contributed by atoms with Crippen LogP contribution in [-0.4, -0.2) is 10.1 Å². The third-order valence-electron chi connectivity index (χ3n) is 2.75. The Morgan fingerprint density at radius 2 is 1.35 bits per heavy atom. The molecule has 2 aromatic carbocycles. The molecule has 1 N–H and O–H groups in total. The van der Waals surface area contributed by atoms with Crippen molar-refractivity contribution in [3.05, 3.63) is 78.3 Å². The summed E-state index contributed by atoms with van der Waals surface area (Å²) < 4.78 is 16.5. The highest BCUT2D eigenvalue weighted by Gasteiger charge is 1.99. The Morgan fingerprint density at radius 3 is 1.87 bits per heavy atom. The summed E-state index contributed by atoms with van der Waals surface area (Å²) in [5, 5.41) is 1.46. The van der Waals surface area contributed by atoms with Crippen molar-refractivity contribution in [3.8, 4) is 0 Å². The molecule has 1 atom stereocenters. The van der Waals surface area contributed by atoms with E-state index in [2.05, 4.69) is 49.9 Å². The molecule has 1 amide bonds. The van der Waals surface area contributed by atoms with Gasteiger partial charge in [0.1, 0.15) is 11.0 Å². The fraction of sp³-hybridized carbons (Fsp3) is 0. The predicted octanol–water partition coefficient (Wildman–Crippen LogP) is 4.36. The van der Waals surface area contributed by atoms with Crippen LogP contribution in [0.3, 0.4) is 0 Å². The fourth-order valence-corrected chi connectivity index (χ4v) is 2.96. The van der Waals surface area contributed by atoms with E-state index in [1.807, 2.05) is 48.5 Å². The van der Waals surface area contributed by atoms with E-state index in [9.17, 15) is 9.00 Å². The van der Waals surface area contributed by atoms with Gasteiger partial charge < -0.3 is 0 Å². The molecule has 0 bridgehead atoms. The van der Waals surface area contributed by atoms with Gasteiger partial charge in [0.2, 0.25) is 0 Å². The molecule has 23 heavy (non-hydrogen) atoms. The largest absolute Gasteiger partial charge is 0.269 e. The van der Waals surface area contributed by atoms with Crippen molar-refractivity contribution >= 4 is 74.2 Å². The molecule has 6 heteroatoms. The Balaban J connectivity index is 1.88. The van der Waals surface area contributed by atoms with Gasteiger partial charge in [0.25, 0.3) is 5.91 Å². The highest BCUT2D eigenvalue weighted by atomic mass is 127. The summed E-state index contributed by atoms with van der Waals surface area (Å²) in [5.41, 5.74) is 1.85. The SMILES string of the molecule is O=C(/C=C/c1ccc(I)cc1)NS(=O)/C=C\c1ccc(I)cc1. The van der Waals surface area contributed by atoms with Crippen molar-refractivity contribution in [1.82, 2.24) is 4.72 Å². The molecule has 0 saturated carbocycles. The Labute approximate surface area is 165 Å². The second-order valence-corrected chi connectivity index (χ2v) is 8.07. The summed E-state index contributed by atoms with van der Waals surface area (Å²) in [6, 6.07) is 15.5. The van der Waals surface area contributed by atoms with Gasteiger partial charge in [0, 0.05) is 18.6 Å². The number of carbonyl (C=O) groups excluding carboxylic acids is 1. The van der Waals surface area contributed by atoms with E-state index in [-0.39, 0.29) is 0 Å². The smallest absolute Gasteiger partial charge is 0.255 e. The number of rotatable bonds is 5.